The minimum absolute atomic E-state index is 0. The quantitative estimate of drug-likeness (QED) is 0.840. The number of nitrogens with one attached hydrogen (secondary N) is 1. The van der Waals surface area contributed by atoms with E-state index in [1.807, 2.05) is 24.3 Å². The summed E-state index contributed by atoms with van der Waals surface area (Å²) in [5.41, 5.74) is 7.47. The summed E-state index contributed by atoms with van der Waals surface area (Å²) in [5, 5.41) is 3.32. The average molecular weight is 321 g/mol. The number of anilines is 1. The Labute approximate surface area is 138 Å². The maximum Gasteiger partial charge on any atom is 0.224 e. The summed E-state index contributed by atoms with van der Waals surface area (Å²) in [6.07, 6.45) is 7.31. The molecule has 3 aliphatic rings. The van der Waals surface area contributed by atoms with Crippen molar-refractivity contribution in [2.45, 2.75) is 44.6 Å². The minimum atomic E-state index is 0. The molecular weight excluding hydrogens is 296 g/mol. The second kappa shape index (κ2) is 6.11. The third kappa shape index (κ3) is 2.71. The van der Waals surface area contributed by atoms with Crippen LogP contribution in [0.2, 0.25) is 0 Å². The van der Waals surface area contributed by atoms with Crippen molar-refractivity contribution in [1.29, 1.82) is 0 Å². The molecule has 3 aliphatic carbocycles. The van der Waals surface area contributed by atoms with E-state index in [9.17, 15) is 4.79 Å². The van der Waals surface area contributed by atoms with Crippen LogP contribution in [0, 0.1) is 23.7 Å². The molecule has 0 saturated heterocycles. The van der Waals surface area contributed by atoms with Gasteiger partial charge in [0.1, 0.15) is 0 Å². The topological polar surface area (TPSA) is 55.1 Å². The van der Waals surface area contributed by atoms with Crippen LogP contribution in [-0.2, 0) is 11.2 Å². The Morgan fingerprint density at radius 2 is 1.82 bits per heavy atom. The highest BCUT2D eigenvalue weighted by Gasteiger charge is 2.53. The smallest absolute Gasteiger partial charge is 0.224 e. The number of fused-ring (bicyclic) bond motifs is 5. The molecule has 1 aromatic carbocycles. The van der Waals surface area contributed by atoms with Crippen molar-refractivity contribution >= 4 is 24.0 Å². The standard InChI is InChI=1S/C18H24N2O.ClH/c19-13-6-4-11(5-7-13)8-18(21)20-17-10-12-9-16(17)15-3-1-2-14(12)15;/h4-7,12,14-17H,1-3,8-10,19H2,(H,20,21);1H. The molecule has 3 fully saturated rings. The number of hydrogen-bond donors (Lipinski definition) is 2. The molecule has 2 bridgehead atoms. The molecule has 0 heterocycles. The first-order chi connectivity index (χ1) is 10.2. The molecule has 1 amide bonds. The summed E-state index contributed by atoms with van der Waals surface area (Å²) in [4.78, 5) is 12.3. The fraction of sp³-hybridized carbons (Fsp3) is 0.611. The highest BCUT2D eigenvalue weighted by Crippen LogP contribution is 2.58. The van der Waals surface area contributed by atoms with Gasteiger partial charge in [0.15, 0.2) is 0 Å². The largest absolute Gasteiger partial charge is 0.399 e. The summed E-state index contributed by atoms with van der Waals surface area (Å²) in [6, 6.07) is 8.06. The van der Waals surface area contributed by atoms with Gasteiger partial charge in [-0.1, -0.05) is 18.6 Å². The SMILES string of the molecule is Cl.Nc1ccc(CC(=O)NC2CC3CC2C2CCCC32)cc1. The number of carbonyl (C=O) groups excluding carboxylic acids is 1. The molecule has 0 aromatic heterocycles. The van der Waals surface area contributed by atoms with Crippen molar-refractivity contribution in [1.82, 2.24) is 5.32 Å². The van der Waals surface area contributed by atoms with E-state index >= 15 is 0 Å². The summed E-state index contributed by atoms with van der Waals surface area (Å²) < 4.78 is 0. The van der Waals surface area contributed by atoms with E-state index in [-0.39, 0.29) is 18.3 Å². The fourth-order valence-corrected chi connectivity index (χ4v) is 5.31. The molecule has 22 heavy (non-hydrogen) atoms. The third-order valence-corrected chi connectivity index (χ3v) is 6.12. The number of nitrogen functional groups attached to an aromatic ring is 1. The normalized spacial score (nSPS) is 35.0. The van der Waals surface area contributed by atoms with Gasteiger partial charge in [-0.25, -0.2) is 0 Å². The molecule has 0 radical (unpaired) electrons. The lowest BCUT2D eigenvalue weighted by atomic mass is 9.79. The first kappa shape index (κ1) is 15.7. The van der Waals surface area contributed by atoms with E-state index in [0.29, 0.717) is 12.5 Å². The van der Waals surface area contributed by atoms with Crippen LogP contribution in [0.4, 0.5) is 5.69 Å². The number of carbonyl (C=O) groups is 1. The zero-order valence-corrected chi connectivity index (χ0v) is 13.6. The number of rotatable bonds is 3. The summed E-state index contributed by atoms with van der Waals surface area (Å²) >= 11 is 0. The summed E-state index contributed by atoms with van der Waals surface area (Å²) in [5.74, 6) is 3.72. The highest BCUT2D eigenvalue weighted by molar-refractivity contribution is 5.85. The fourth-order valence-electron chi connectivity index (χ4n) is 5.31. The molecule has 120 valence electrons. The molecule has 0 aliphatic heterocycles. The molecule has 0 spiro atoms. The maximum atomic E-state index is 12.3. The van der Waals surface area contributed by atoms with Crippen molar-refractivity contribution in [2.75, 3.05) is 5.73 Å². The van der Waals surface area contributed by atoms with Crippen molar-refractivity contribution in [3.8, 4) is 0 Å². The zero-order chi connectivity index (χ0) is 14.4. The second-order valence-corrected chi connectivity index (χ2v) is 7.25. The first-order valence-corrected chi connectivity index (χ1v) is 8.34. The zero-order valence-electron chi connectivity index (χ0n) is 12.8. The Morgan fingerprint density at radius 3 is 2.59 bits per heavy atom. The van der Waals surface area contributed by atoms with Crippen molar-refractivity contribution in [3.63, 3.8) is 0 Å². The molecule has 5 atom stereocenters. The van der Waals surface area contributed by atoms with Gasteiger partial charge >= 0.3 is 0 Å². The van der Waals surface area contributed by atoms with Crippen LogP contribution in [0.25, 0.3) is 0 Å². The molecule has 3 nitrogen and oxygen atoms in total. The summed E-state index contributed by atoms with van der Waals surface area (Å²) in [6.45, 7) is 0. The van der Waals surface area contributed by atoms with E-state index in [1.54, 1.807) is 0 Å². The molecule has 4 heteroatoms. The van der Waals surface area contributed by atoms with Gasteiger partial charge < -0.3 is 11.1 Å². The number of amides is 1. The monoisotopic (exact) mass is 320 g/mol. The van der Waals surface area contributed by atoms with Crippen LogP contribution in [0.5, 0.6) is 0 Å². The molecule has 1 aromatic rings. The van der Waals surface area contributed by atoms with Gasteiger partial charge in [-0.2, -0.15) is 0 Å². The number of benzene rings is 1. The summed E-state index contributed by atoms with van der Waals surface area (Å²) in [7, 11) is 0. The first-order valence-electron chi connectivity index (χ1n) is 8.34. The van der Waals surface area contributed by atoms with Crippen LogP contribution in [0.1, 0.15) is 37.7 Å². The minimum Gasteiger partial charge on any atom is -0.399 e. The number of halogens is 1. The predicted octanol–water partition coefficient (Wildman–Crippen LogP) is 3.17. The van der Waals surface area contributed by atoms with E-state index in [0.717, 1.165) is 34.9 Å². The van der Waals surface area contributed by atoms with Crippen LogP contribution >= 0.6 is 12.4 Å². The van der Waals surface area contributed by atoms with Crippen LogP contribution in [0.15, 0.2) is 24.3 Å². The van der Waals surface area contributed by atoms with Crippen molar-refractivity contribution in [3.05, 3.63) is 29.8 Å². The lowest BCUT2D eigenvalue weighted by Gasteiger charge is -2.32. The molecule has 5 unspecified atom stereocenters. The Kier molecular flexibility index (Phi) is 4.35. The van der Waals surface area contributed by atoms with Gasteiger partial charge in [-0.15, -0.1) is 12.4 Å². The Balaban J connectivity index is 0.00000144. The Morgan fingerprint density at radius 1 is 1.09 bits per heavy atom. The van der Waals surface area contributed by atoms with Gasteiger partial charge in [0, 0.05) is 11.7 Å². The van der Waals surface area contributed by atoms with E-state index < -0.39 is 0 Å². The van der Waals surface area contributed by atoms with E-state index in [2.05, 4.69) is 5.32 Å². The predicted molar refractivity (Wildman–Crippen MR) is 90.8 cm³/mol. The lowest BCUT2D eigenvalue weighted by molar-refractivity contribution is -0.121. The van der Waals surface area contributed by atoms with Gasteiger partial charge in [-0.05, 0) is 67.1 Å². The average Bonchev–Trinajstić information content (AvgIpc) is 3.13. The number of hydrogen-bond acceptors (Lipinski definition) is 2. The molecule has 3 N–H and O–H groups in total. The number of nitrogens with two attached hydrogens (primary N) is 1. The lowest BCUT2D eigenvalue weighted by Crippen LogP contribution is -2.43. The van der Waals surface area contributed by atoms with Gasteiger partial charge in [0.25, 0.3) is 0 Å². The highest BCUT2D eigenvalue weighted by atomic mass is 35.5. The second-order valence-electron chi connectivity index (χ2n) is 7.25. The molecule has 3 saturated carbocycles. The Hall–Kier alpha value is -1.22. The van der Waals surface area contributed by atoms with Gasteiger partial charge in [-0.3, -0.25) is 4.79 Å². The van der Waals surface area contributed by atoms with Gasteiger partial charge in [0.2, 0.25) is 5.91 Å². The van der Waals surface area contributed by atoms with Crippen molar-refractivity contribution < 1.29 is 4.79 Å². The van der Waals surface area contributed by atoms with Crippen LogP contribution in [0.3, 0.4) is 0 Å². The third-order valence-electron chi connectivity index (χ3n) is 6.12. The molecular formula is C18H25ClN2O. The Bertz CT molecular complexity index is 545. The maximum absolute atomic E-state index is 12.3. The van der Waals surface area contributed by atoms with Crippen molar-refractivity contribution in [2.24, 2.45) is 23.7 Å². The van der Waals surface area contributed by atoms with Crippen LogP contribution in [-0.4, -0.2) is 11.9 Å². The molecule has 4 rings (SSSR count). The van der Waals surface area contributed by atoms with Crippen LogP contribution < -0.4 is 11.1 Å². The van der Waals surface area contributed by atoms with E-state index in [1.165, 1.54) is 32.1 Å². The van der Waals surface area contributed by atoms with Gasteiger partial charge in [0.05, 0.1) is 6.42 Å². The van der Waals surface area contributed by atoms with E-state index in [4.69, 9.17) is 5.73 Å².